The first-order valence-electron chi connectivity index (χ1n) is 9.27. The van der Waals surface area contributed by atoms with Crippen molar-refractivity contribution in [1.29, 1.82) is 0 Å². The molecule has 0 unspecified atom stereocenters. The molecule has 0 aromatic heterocycles. The Morgan fingerprint density at radius 3 is 2.44 bits per heavy atom. The van der Waals surface area contributed by atoms with Crippen LogP contribution in [0.25, 0.3) is 0 Å². The van der Waals surface area contributed by atoms with Crippen molar-refractivity contribution in [2.45, 2.75) is 6.42 Å². The molecule has 1 amide bonds. The molecule has 0 aliphatic heterocycles. The molecule has 0 aliphatic rings. The number of nitrogens with one attached hydrogen (secondary N) is 1. The Bertz CT molecular complexity index is 1120. The maximum absolute atomic E-state index is 12.5. The second-order valence-corrected chi connectivity index (χ2v) is 7.38. The third kappa shape index (κ3) is 6.69. The number of benzene rings is 3. The van der Waals surface area contributed by atoms with Crippen LogP contribution in [0, 0.1) is 0 Å². The number of hydrogen-bond donors (Lipinski definition) is 2. The number of carboxylic acid groups (broad SMARTS) is 1. The van der Waals surface area contributed by atoms with Crippen molar-refractivity contribution in [3.05, 3.63) is 87.4 Å². The molecule has 0 bridgehead atoms. The minimum absolute atomic E-state index is 0. The van der Waals surface area contributed by atoms with Crippen molar-refractivity contribution in [2.24, 2.45) is 0 Å². The van der Waals surface area contributed by atoms with E-state index in [1.807, 2.05) is 24.3 Å². The van der Waals surface area contributed by atoms with Crippen LogP contribution < -0.4 is 14.8 Å². The molecular formula is C23H20Cl2LiNO5. The molecule has 0 fully saturated rings. The van der Waals surface area contributed by atoms with Gasteiger partial charge in [0.2, 0.25) is 0 Å². The molecule has 0 aliphatic carbocycles. The summed E-state index contributed by atoms with van der Waals surface area (Å²) in [6, 6.07) is 16.5. The molecule has 0 atom stereocenters. The number of carboxylic acids is 1. The molecule has 162 valence electrons. The molecule has 0 heterocycles. The Hall–Kier alpha value is -2.62. The van der Waals surface area contributed by atoms with Gasteiger partial charge in [-0.05, 0) is 54.1 Å². The Labute approximate surface area is 207 Å². The number of methoxy groups -OCH3 is 1. The van der Waals surface area contributed by atoms with E-state index in [4.69, 9.17) is 32.7 Å². The fourth-order valence-electron chi connectivity index (χ4n) is 2.88. The Balaban J connectivity index is 0.00000363. The van der Waals surface area contributed by atoms with E-state index in [1.54, 1.807) is 13.2 Å². The SMILES string of the molecule is COc1cccc(CCOc2ccc(NC(=O)c3ccc(Cl)cc3Cl)c(C(=O)O)c2)c1.[LiH]. The summed E-state index contributed by atoms with van der Waals surface area (Å²) in [7, 11) is 1.60. The predicted octanol–water partition coefficient (Wildman–Crippen LogP) is 4.93. The predicted molar refractivity (Wildman–Crippen MR) is 127 cm³/mol. The summed E-state index contributed by atoms with van der Waals surface area (Å²) in [4.78, 5) is 24.2. The van der Waals surface area contributed by atoms with Crippen molar-refractivity contribution in [3.63, 3.8) is 0 Å². The average Bonchev–Trinajstić information content (AvgIpc) is 2.74. The zero-order valence-corrected chi connectivity index (χ0v) is 18.0. The van der Waals surface area contributed by atoms with Crippen LogP contribution in [0.2, 0.25) is 10.0 Å². The number of carbonyl (C=O) groups is 2. The zero-order valence-electron chi connectivity index (χ0n) is 16.5. The van der Waals surface area contributed by atoms with E-state index < -0.39 is 11.9 Å². The maximum atomic E-state index is 12.5. The normalized spacial score (nSPS) is 10.1. The molecule has 6 nitrogen and oxygen atoms in total. The monoisotopic (exact) mass is 467 g/mol. The number of aromatic carboxylic acids is 1. The first kappa shape index (κ1) is 25.6. The molecule has 2 N–H and O–H groups in total. The van der Waals surface area contributed by atoms with Gasteiger partial charge in [-0.1, -0.05) is 35.3 Å². The van der Waals surface area contributed by atoms with Gasteiger partial charge in [-0.15, -0.1) is 0 Å². The van der Waals surface area contributed by atoms with Crippen LogP contribution in [0.3, 0.4) is 0 Å². The van der Waals surface area contributed by atoms with Crippen molar-refractivity contribution in [3.8, 4) is 11.5 Å². The Morgan fingerprint density at radius 2 is 1.75 bits per heavy atom. The fourth-order valence-corrected chi connectivity index (χ4v) is 3.37. The zero-order chi connectivity index (χ0) is 22.4. The fraction of sp³-hybridized carbons (Fsp3) is 0.130. The third-order valence-corrected chi connectivity index (χ3v) is 4.99. The van der Waals surface area contributed by atoms with Gasteiger partial charge in [0.05, 0.1) is 35.6 Å². The summed E-state index contributed by atoms with van der Waals surface area (Å²) in [5.41, 5.74) is 1.24. The van der Waals surface area contributed by atoms with Gasteiger partial charge in [0.15, 0.2) is 0 Å². The van der Waals surface area contributed by atoms with Crippen LogP contribution in [-0.2, 0) is 6.42 Å². The Morgan fingerprint density at radius 1 is 0.969 bits per heavy atom. The van der Waals surface area contributed by atoms with Gasteiger partial charge in [-0.3, -0.25) is 4.79 Å². The van der Waals surface area contributed by atoms with Crippen LogP contribution in [0.5, 0.6) is 11.5 Å². The molecule has 3 aromatic carbocycles. The second kappa shape index (κ2) is 11.8. The molecular weight excluding hydrogens is 448 g/mol. The molecule has 0 spiro atoms. The molecule has 0 saturated heterocycles. The second-order valence-electron chi connectivity index (χ2n) is 6.54. The quantitative estimate of drug-likeness (QED) is 0.459. The minimum atomic E-state index is -1.20. The first-order chi connectivity index (χ1) is 14.9. The average molecular weight is 468 g/mol. The summed E-state index contributed by atoms with van der Waals surface area (Å²) in [6.07, 6.45) is 0.618. The van der Waals surface area contributed by atoms with Crippen molar-refractivity contribution in [1.82, 2.24) is 0 Å². The van der Waals surface area contributed by atoms with E-state index in [2.05, 4.69) is 5.32 Å². The van der Waals surface area contributed by atoms with Crippen molar-refractivity contribution in [2.75, 3.05) is 19.0 Å². The number of amides is 1. The van der Waals surface area contributed by atoms with Crippen LogP contribution >= 0.6 is 23.2 Å². The van der Waals surface area contributed by atoms with Crippen LogP contribution in [0.4, 0.5) is 5.69 Å². The van der Waals surface area contributed by atoms with E-state index in [-0.39, 0.29) is 40.7 Å². The molecule has 3 rings (SSSR count). The van der Waals surface area contributed by atoms with Gasteiger partial charge >= 0.3 is 24.8 Å². The van der Waals surface area contributed by atoms with Crippen LogP contribution in [0.1, 0.15) is 26.3 Å². The van der Waals surface area contributed by atoms with Gasteiger partial charge in [0, 0.05) is 11.4 Å². The number of hydrogen-bond acceptors (Lipinski definition) is 4. The summed E-state index contributed by atoms with van der Waals surface area (Å²) in [5.74, 6) is -0.610. The Kier molecular flexibility index (Phi) is 9.49. The van der Waals surface area contributed by atoms with E-state index >= 15 is 0 Å². The summed E-state index contributed by atoms with van der Waals surface area (Å²) in [5, 5.41) is 12.7. The summed E-state index contributed by atoms with van der Waals surface area (Å²) in [6.45, 7) is 0.346. The number of rotatable bonds is 8. The van der Waals surface area contributed by atoms with Gasteiger partial charge in [-0.2, -0.15) is 0 Å². The van der Waals surface area contributed by atoms with Gasteiger partial charge < -0.3 is 19.9 Å². The third-order valence-electron chi connectivity index (χ3n) is 4.44. The molecule has 0 radical (unpaired) electrons. The number of carbonyl (C=O) groups excluding carboxylic acids is 1. The first-order valence-corrected chi connectivity index (χ1v) is 10.0. The van der Waals surface area contributed by atoms with Crippen molar-refractivity contribution < 1.29 is 24.2 Å². The summed E-state index contributed by atoms with van der Waals surface area (Å²) >= 11 is 11.9. The van der Waals surface area contributed by atoms with Crippen LogP contribution in [-0.4, -0.2) is 49.6 Å². The van der Waals surface area contributed by atoms with Gasteiger partial charge in [0.1, 0.15) is 11.5 Å². The van der Waals surface area contributed by atoms with E-state index in [9.17, 15) is 14.7 Å². The van der Waals surface area contributed by atoms with E-state index in [0.717, 1.165) is 11.3 Å². The molecule has 32 heavy (non-hydrogen) atoms. The van der Waals surface area contributed by atoms with Gasteiger partial charge in [-0.25, -0.2) is 4.79 Å². The number of halogens is 2. The molecule has 9 heteroatoms. The van der Waals surface area contributed by atoms with Crippen LogP contribution in [0.15, 0.2) is 60.7 Å². The molecule has 3 aromatic rings. The molecule has 0 saturated carbocycles. The van der Waals surface area contributed by atoms with E-state index in [0.29, 0.717) is 23.8 Å². The topological polar surface area (TPSA) is 84.9 Å². The number of anilines is 1. The summed E-state index contributed by atoms with van der Waals surface area (Å²) < 4.78 is 10.9. The standard InChI is InChI=1S/C23H19Cl2NO5.Li.H/c1-30-16-4-2-3-14(11-16)9-10-31-17-6-8-21(19(13-17)23(28)29)26-22(27)18-7-5-15(24)12-20(18)25;;/h2-8,11-13H,9-10H2,1H3,(H,26,27)(H,28,29);;. The van der Waals surface area contributed by atoms with E-state index in [1.165, 1.54) is 30.3 Å². The van der Waals surface area contributed by atoms with Gasteiger partial charge in [0.25, 0.3) is 5.91 Å². The van der Waals surface area contributed by atoms with Crippen molar-refractivity contribution >= 4 is 59.6 Å². The number of ether oxygens (including phenoxy) is 2.